The number of carbonyl (C=O) groups is 2. The van der Waals surface area contributed by atoms with Gasteiger partial charge >= 0.3 is 5.97 Å². The van der Waals surface area contributed by atoms with E-state index < -0.39 is 17.6 Å². The first-order valence-electron chi connectivity index (χ1n) is 10.7. The van der Waals surface area contributed by atoms with Crippen LogP contribution in [0.4, 0.5) is 0 Å². The zero-order chi connectivity index (χ0) is 24.4. The van der Waals surface area contributed by atoms with E-state index in [-0.39, 0.29) is 22.8 Å². The predicted molar refractivity (Wildman–Crippen MR) is 129 cm³/mol. The monoisotopic (exact) mass is 494 g/mol. The summed E-state index contributed by atoms with van der Waals surface area (Å²) in [4.78, 5) is 37.5. The summed E-state index contributed by atoms with van der Waals surface area (Å²) in [5.41, 5.74) is 1.57. The molecule has 0 bridgehead atoms. The van der Waals surface area contributed by atoms with Crippen molar-refractivity contribution in [1.82, 2.24) is 4.57 Å². The van der Waals surface area contributed by atoms with E-state index in [4.69, 9.17) is 28.3 Å². The number of carboxylic acid groups (broad SMARTS) is 1. The zero-order valence-electron chi connectivity index (χ0n) is 18.0. The van der Waals surface area contributed by atoms with Crippen molar-refractivity contribution in [1.29, 1.82) is 5.26 Å². The number of pyridine rings is 1. The lowest BCUT2D eigenvalue weighted by Crippen LogP contribution is -2.31. The van der Waals surface area contributed by atoms with E-state index in [1.54, 1.807) is 30.3 Å². The maximum absolute atomic E-state index is 13.3. The van der Waals surface area contributed by atoms with E-state index in [9.17, 15) is 19.6 Å². The van der Waals surface area contributed by atoms with Crippen molar-refractivity contribution in [3.8, 4) is 17.2 Å². The molecule has 4 rings (SSSR count). The minimum Gasteiger partial charge on any atom is -0.478 e. The Balaban J connectivity index is 1.68. The number of aromatic carboxylic acids is 1. The van der Waals surface area contributed by atoms with Crippen LogP contribution in [0.3, 0.4) is 0 Å². The fourth-order valence-corrected chi connectivity index (χ4v) is 4.40. The lowest BCUT2D eigenvalue weighted by molar-refractivity contribution is -0.122. The van der Waals surface area contributed by atoms with Crippen LogP contribution < -0.4 is 5.56 Å². The van der Waals surface area contributed by atoms with Crippen molar-refractivity contribution in [2.75, 3.05) is 0 Å². The van der Waals surface area contributed by atoms with Crippen LogP contribution in [0.2, 0.25) is 10.0 Å². The Kier molecular flexibility index (Phi) is 6.87. The number of benzene rings is 2. The smallest absolute Gasteiger partial charge is 0.335 e. The standard InChI is InChI=1S/C26H20Cl2N2O4/c27-19-8-7-18(13-29)20(11-19)21-12-25(32)30(14-22(21)28)23(9-15-1-2-15)24(31)10-16-3-5-17(6-4-16)26(33)34/h3-8,11-12,14-15,23H,1-2,9-10H2,(H,33,34). The highest BCUT2D eigenvalue weighted by Gasteiger charge is 2.31. The molecule has 1 N–H and O–H groups in total. The molecule has 1 atom stereocenters. The molecule has 8 heteroatoms. The molecule has 34 heavy (non-hydrogen) atoms. The SMILES string of the molecule is N#Cc1ccc(Cl)cc1-c1cc(=O)n(C(CC2CC2)C(=O)Cc2ccc(C(=O)O)cc2)cc1Cl. The summed E-state index contributed by atoms with van der Waals surface area (Å²) in [5.74, 6) is -0.821. The van der Waals surface area contributed by atoms with Crippen LogP contribution in [0.5, 0.6) is 0 Å². The molecule has 0 amide bonds. The van der Waals surface area contributed by atoms with E-state index in [1.807, 2.05) is 0 Å². The van der Waals surface area contributed by atoms with Crippen molar-refractivity contribution in [2.45, 2.75) is 31.7 Å². The molecule has 2 aromatic carbocycles. The van der Waals surface area contributed by atoms with Gasteiger partial charge in [0.1, 0.15) is 0 Å². The van der Waals surface area contributed by atoms with Crippen molar-refractivity contribution in [3.63, 3.8) is 0 Å². The number of nitriles is 1. The fourth-order valence-electron chi connectivity index (χ4n) is 3.96. The molecule has 1 aliphatic carbocycles. The highest BCUT2D eigenvalue weighted by atomic mass is 35.5. The van der Waals surface area contributed by atoms with E-state index in [0.29, 0.717) is 39.6 Å². The van der Waals surface area contributed by atoms with E-state index in [0.717, 1.165) is 12.8 Å². The summed E-state index contributed by atoms with van der Waals surface area (Å²) in [7, 11) is 0. The molecule has 1 fully saturated rings. The second-order valence-corrected chi connectivity index (χ2v) is 9.27. The van der Waals surface area contributed by atoms with Gasteiger partial charge in [0.25, 0.3) is 5.56 Å². The molecule has 1 saturated carbocycles. The third kappa shape index (κ3) is 5.22. The third-order valence-corrected chi connectivity index (χ3v) is 6.50. The molecule has 0 spiro atoms. The average molecular weight is 495 g/mol. The summed E-state index contributed by atoms with van der Waals surface area (Å²) in [6.45, 7) is 0. The largest absolute Gasteiger partial charge is 0.478 e. The highest BCUT2D eigenvalue weighted by Crippen LogP contribution is 2.38. The highest BCUT2D eigenvalue weighted by molar-refractivity contribution is 6.33. The van der Waals surface area contributed by atoms with Gasteiger partial charge in [-0.2, -0.15) is 5.26 Å². The molecule has 1 aliphatic rings. The van der Waals surface area contributed by atoms with Gasteiger partial charge in [-0.3, -0.25) is 9.59 Å². The zero-order valence-corrected chi connectivity index (χ0v) is 19.5. The Hall–Kier alpha value is -3.40. The lowest BCUT2D eigenvalue weighted by atomic mass is 9.97. The number of aromatic nitrogens is 1. The summed E-state index contributed by atoms with van der Waals surface area (Å²) < 4.78 is 1.37. The fraction of sp³-hybridized carbons (Fsp3) is 0.231. The van der Waals surface area contributed by atoms with E-state index in [2.05, 4.69) is 6.07 Å². The van der Waals surface area contributed by atoms with Gasteiger partial charge in [-0.25, -0.2) is 4.79 Å². The number of carbonyl (C=O) groups excluding carboxylic acids is 1. The first-order chi connectivity index (χ1) is 16.3. The topological polar surface area (TPSA) is 100 Å². The quantitative estimate of drug-likeness (QED) is 0.442. The van der Waals surface area contributed by atoms with Crippen LogP contribution in [-0.4, -0.2) is 21.4 Å². The van der Waals surface area contributed by atoms with E-state index in [1.165, 1.54) is 29.0 Å². The molecule has 0 saturated heterocycles. The van der Waals surface area contributed by atoms with Gasteiger partial charge in [-0.1, -0.05) is 48.2 Å². The molecule has 1 heterocycles. The average Bonchev–Trinajstić information content (AvgIpc) is 3.63. The second-order valence-electron chi connectivity index (χ2n) is 8.42. The molecule has 0 aliphatic heterocycles. The normalized spacial score (nSPS) is 13.8. The van der Waals surface area contributed by atoms with Crippen LogP contribution in [0.1, 0.15) is 46.8 Å². The van der Waals surface area contributed by atoms with Gasteiger partial charge in [-0.05, 0) is 48.2 Å². The molecule has 1 aromatic heterocycles. The molecular formula is C26H20Cl2N2O4. The van der Waals surface area contributed by atoms with Gasteiger partial charge in [0.05, 0.1) is 28.3 Å². The van der Waals surface area contributed by atoms with Crippen LogP contribution >= 0.6 is 23.2 Å². The maximum Gasteiger partial charge on any atom is 0.335 e. The van der Waals surface area contributed by atoms with Crippen LogP contribution in [0.25, 0.3) is 11.1 Å². The van der Waals surface area contributed by atoms with Gasteiger partial charge in [0.15, 0.2) is 5.78 Å². The summed E-state index contributed by atoms with van der Waals surface area (Å²) >= 11 is 12.6. The molecule has 172 valence electrons. The Bertz CT molecular complexity index is 1370. The van der Waals surface area contributed by atoms with Crippen LogP contribution in [0.15, 0.2) is 59.5 Å². The van der Waals surface area contributed by atoms with Gasteiger partial charge in [-0.15, -0.1) is 0 Å². The first-order valence-corrected chi connectivity index (χ1v) is 11.5. The Morgan fingerprint density at radius 2 is 1.79 bits per heavy atom. The van der Waals surface area contributed by atoms with Gasteiger partial charge in [0, 0.05) is 34.8 Å². The summed E-state index contributed by atoms with van der Waals surface area (Å²) in [5, 5.41) is 19.2. The molecule has 3 aromatic rings. The number of carboxylic acids is 1. The Labute approximate surface area is 206 Å². The first kappa shape index (κ1) is 23.7. The van der Waals surface area contributed by atoms with Crippen molar-refractivity contribution < 1.29 is 14.7 Å². The number of ketones is 1. The van der Waals surface area contributed by atoms with Crippen molar-refractivity contribution >= 4 is 35.0 Å². The minimum absolute atomic E-state index is 0.0654. The molecular weight excluding hydrogens is 475 g/mol. The van der Waals surface area contributed by atoms with E-state index >= 15 is 0 Å². The number of hydrogen-bond donors (Lipinski definition) is 1. The molecule has 6 nitrogen and oxygen atoms in total. The van der Waals surface area contributed by atoms with Gasteiger partial charge < -0.3 is 9.67 Å². The summed E-state index contributed by atoms with van der Waals surface area (Å²) in [6, 6.07) is 13.6. The Morgan fingerprint density at radius 3 is 2.41 bits per heavy atom. The van der Waals surface area contributed by atoms with Crippen LogP contribution in [-0.2, 0) is 11.2 Å². The van der Waals surface area contributed by atoms with Crippen molar-refractivity contribution in [3.05, 3.63) is 91.8 Å². The number of rotatable bonds is 8. The predicted octanol–water partition coefficient (Wildman–Crippen LogP) is 5.54. The third-order valence-electron chi connectivity index (χ3n) is 5.96. The number of hydrogen-bond acceptors (Lipinski definition) is 4. The Morgan fingerprint density at radius 1 is 1.09 bits per heavy atom. The summed E-state index contributed by atoms with van der Waals surface area (Å²) in [6.07, 6.45) is 4.06. The maximum atomic E-state index is 13.3. The lowest BCUT2D eigenvalue weighted by Gasteiger charge is -2.20. The van der Waals surface area contributed by atoms with Crippen LogP contribution in [0, 0.1) is 17.2 Å². The molecule has 0 radical (unpaired) electrons. The number of halogens is 2. The molecule has 1 unspecified atom stereocenters. The minimum atomic E-state index is -1.04. The van der Waals surface area contributed by atoms with Crippen molar-refractivity contribution in [2.24, 2.45) is 5.92 Å². The van der Waals surface area contributed by atoms with Gasteiger partial charge in [0.2, 0.25) is 0 Å². The number of Topliss-reactive ketones (excluding diaryl/α,β-unsaturated/α-hetero) is 1. The second kappa shape index (κ2) is 9.84. The number of nitrogens with zero attached hydrogens (tertiary/aromatic N) is 2.